The Bertz CT molecular complexity index is 250. The summed E-state index contributed by atoms with van der Waals surface area (Å²) in [5, 5.41) is 0. The predicted octanol–water partition coefficient (Wildman–Crippen LogP) is 2.36. The molecule has 11 heavy (non-hydrogen) atoms. The third kappa shape index (κ3) is 2.12. The molecule has 1 aromatic heterocycles. The standard InChI is InChI=1S/C8H11NOS/c1-6-4-8(10-11-3)5-9-7(6)2/h4-5H,1-3H3. The molecule has 0 aliphatic heterocycles. The molecule has 0 atom stereocenters. The monoisotopic (exact) mass is 169 g/mol. The van der Waals surface area contributed by atoms with Crippen LogP contribution in [0.4, 0.5) is 0 Å². The van der Waals surface area contributed by atoms with E-state index in [4.69, 9.17) is 4.18 Å². The zero-order valence-electron chi connectivity index (χ0n) is 6.92. The van der Waals surface area contributed by atoms with Crippen molar-refractivity contribution in [1.82, 2.24) is 4.98 Å². The van der Waals surface area contributed by atoms with Crippen molar-refractivity contribution in [3.63, 3.8) is 0 Å². The predicted molar refractivity (Wildman–Crippen MR) is 47.9 cm³/mol. The Morgan fingerprint density at radius 3 is 2.73 bits per heavy atom. The summed E-state index contributed by atoms with van der Waals surface area (Å²) in [7, 11) is 0. The molecule has 0 saturated heterocycles. The van der Waals surface area contributed by atoms with Gasteiger partial charge in [-0.2, -0.15) is 0 Å². The summed E-state index contributed by atoms with van der Waals surface area (Å²) in [6.07, 6.45) is 3.62. The van der Waals surface area contributed by atoms with Gasteiger partial charge in [-0.1, -0.05) is 0 Å². The molecular formula is C8H11NOS. The molecular weight excluding hydrogens is 158 g/mol. The first kappa shape index (κ1) is 8.40. The average molecular weight is 169 g/mol. The van der Waals surface area contributed by atoms with Crippen LogP contribution in [0.2, 0.25) is 0 Å². The Morgan fingerprint density at radius 1 is 1.45 bits per heavy atom. The molecule has 0 aliphatic rings. The highest BCUT2D eigenvalue weighted by molar-refractivity contribution is 7.94. The number of aryl methyl sites for hydroxylation is 2. The van der Waals surface area contributed by atoms with E-state index in [1.807, 2.05) is 26.2 Å². The maximum absolute atomic E-state index is 5.20. The van der Waals surface area contributed by atoms with Gasteiger partial charge in [-0.25, -0.2) is 0 Å². The Morgan fingerprint density at radius 2 is 2.18 bits per heavy atom. The zero-order chi connectivity index (χ0) is 8.27. The van der Waals surface area contributed by atoms with Crippen LogP contribution < -0.4 is 4.18 Å². The minimum atomic E-state index is 0.820. The Hall–Kier alpha value is -0.700. The minimum absolute atomic E-state index is 0.820. The van der Waals surface area contributed by atoms with Crippen molar-refractivity contribution < 1.29 is 4.18 Å². The van der Waals surface area contributed by atoms with Gasteiger partial charge < -0.3 is 4.18 Å². The molecule has 0 saturated carbocycles. The van der Waals surface area contributed by atoms with Crippen LogP contribution in [0.1, 0.15) is 11.3 Å². The van der Waals surface area contributed by atoms with Gasteiger partial charge in [0.15, 0.2) is 5.75 Å². The largest absolute Gasteiger partial charge is 0.424 e. The summed E-state index contributed by atoms with van der Waals surface area (Å²) >= 11 is 1.33. The molecule has 0 spiro atoms. The molecule has 0 aromatic carbocycles. The van der Waals surface area contributed by atoms with E-state index in [2.05, 4.69) is 4.98 Å². The van der Waals surface area contributed by atoms with Gasteiger partial charge in [-0.05, 0) is 25.5 Å². The Labute approximate surface area is 71.2 Å². The van der Waals surface area contributed by atoms with E-state index in [1.54, 1.807) is 6.20 Å². The van der Waals surface area contributed by atoms with Gasteiger partial charge in [0.25, 0.3) is 0 Å². The van der Waals surface area contributed by atoms with Gasteiger partial charge in [0.05, 0.1) is 18.2 Å². The van der Waals surface area contributed by atoms with Crippen molar-refractivity contribution in [1.29, 1.82) is 0 Å². The normalized spacial score (nSPS) is 9.73. The SMILES string of the molecule is CSOc1cnc(C)c(C)c1. The molecule has 1 aromatic rings. The maximum atomic E-state index is 5.20. The zero-order valence-corrected chi connectivity index (χ0v) is 7.73. The van der Waals surface area contributed by atoms with Crippen LogP contribution in [-0.2, 0) is 0 Å². The molecule has 1 heterocycles. The number of nitrogens with zero attached hydrogens (tertiary/aromatic N) is 1. The fourth-order valence-electron chi connectivity index (χ4n) is 0.759. The summed E-state index contributed by atoms with van der Waals surface area (Å²) in [6.45, 7) is 4.01. The van der Waals surface area contributed by atoms with Crippen LogP contribution in [0.15, 0.2) is 12.3 Å². The topological polar surface area (TPSA) is 22.1 Å². The summed E-state index contributed by atoms with van der Waals surface area (Å²) in [5.74, 6) is 0.820. The fraction of sp³-hybridized carbons (Fsp3) is 0.375. The number of hydrogen-bond acceptors (Lipinski definition) is 3. The minimum Gasteiger partial charge on any atom is -0.424 e. The molecule has 0 radical (unpaired) electrons. The van der Waals surface area contributed by atoms with Crippen molar-refractivity contribution in [2.24, 2.45) is 0 Å². The number of aromatic nitrogens is 1. The van der Waals surface area contributed by atoms with Gasteiger partial charge in [-0.15, -0.1) is 0 Å². The highest BCUT2D eigenvalue weighted by Gasteiger charge is 1.96. The van der Waals surface area contributed by atoms with E-state index in [0.29, 0.717) is 0 Å². The van der Waals surface area contributed by atoms with Gasteiger partial charge in [-0.3, -0.25) is 4.98 Å². The second kappa shape index (κ2) is 3.62. The number of rotatable bonds is 2. The lowest BCUT2D eigenvalue weighted by atomic mass is 10.2. The van der Waals surface area contributed by atoms with Crippen LogP contribution >= 0.6 is 12.0 Å². The quantitative estimate of drug-likeness (QED) is 0.634. The third-order valence-electron chi connectivity index (χ3n) is 1.49. The molecule has 0 fully saturated rings. The molecule has 3 heteroatoms. The highest BCUT2D eigenvalue weighted by Crippen LogP contribution is 2.16. The number of pyridine rings is 1. The summed E-state index contributed by atoms with van der Waals surface area (Å²) in [4.78, 5) is 4.16. The summed E-state index contributed by atoms with van der Waals surface area (Å²) in [6, 6.07) is 1.98. The van der Waals surface area contributed by atoms with Gasteiger partial charge in [0.2, 0.25) is 0 Å². The van der Waals surface area contributed by atoms with E-state index in [-0.39, 0.29) is 0 Å². The molecule has 2 nitrogen and oxygen atoms in total. The molecule has 0 bridgehead atoms. The lowest BCUT2D eigenvalue weighted by Gasteiger charge is -2.02. The maximum Gasteiger partial charge on any atom is 0.155 e. The van der Waals surface area contributed by atoms with E-state index < -0.39 is 0 Å². The second-order valence-corrected chi connectivity index (χ2v) is 2.82. The van der Waals surface area contributed by atoms with E-state index in [0.717, 1.165) is 17.0 Å². The van der Waals surface area contributed by atoms with E-state index in [1.165, 1.54) is 12.0 Å². The smallest absolute Gasteiger partial charge is 0.155 e. The molecule has 60 valence electrons. The van der Waals surface area contributed by atoms with E-state index in [9.17, 15) is 0 Å². The number of hydrogen-bond donors (Lipinski definition) is 0. The Kier molecular flexibility index (Phi) is 2.76. The first-order chi connectivity index (χ1) is 5.24. The molecule has 1 rings (SSSR count). The Balaban J connectivity index is 2.86. The van der Waals surface area contributed by atoms with Crippen LogP contribution in [0.25, 0.3) is 0 Å². The molecule has 0 aliphatic carbocycles. The lowest BCUT2D eigenvalue weighted by Crippen LogP contribution is -1.87. The van der Waals surface area contributed by atoms with Crippen LogP contribution in [-0.4, -0.2) is 11.2 Å². The summed E-state index contributed by atoms with van der Waals surface area (Å²) in [5.41, 5.74) is 2.22. The van der Waals surface area contributed by atoms with Crippen molar-refractivity contribution in [2.75, 3.05) is 6.26 Å². The molecule has 0 unspecified atom stereocenters. The molecule has 0 N–H and O–H groups in total. The van der Waals surface area contributed by atoms with Crippen molar-refractivity contribution in [3.8, 4) is 5.75 Å². The van der Waals surface area contributed by atoms with Gasteiger partial charge in [0, 0.05) is 11.9 Å². The van der Waals surface area contributed by atoms with Crippen LogP contribution in [0.5, 0.6) is 5.75 Å². The fourth-order valence-corrected chi connectivity index (χ4v) is 1.04. The lowest BCUT2D eigenvalue weighted by molar-refractivity contribution is 0.643. The average Bonchev–Trinajstić information content (AvgIpc) is 1.98. The second-order valence-electron chi connectivity index (χ2n) is 2.32. The van der Waals surface area contributed by atoms with Crippen LogP contribution in [0, 0.1) is 13.8 Å². The third-order valence-corrected chi connectivity index (χ3v) is 1.85. The van der Waals surface area contributed by atoms with Crippen molar-refractivity contribution in [2.45, 2.75) is 13.8 Å². The van der Waals surface area contributed by atoms with Crippen molar-refractivity contribution >= 4 is 12.0 Å². The van der Waals surface area contributed by atoms with Gasteiger partial charge in [0.1, 0.15) is 0 Å². The van der Waals surface area contributed by atoms with Gasteiger partial charge >= 0.3 is 0 Å². The first-order valence-corrected chi connectivity index (χ1v) is 4.53. The highest BCUT2D eigenvalue weighted by atomic mass is 32.2. The first-order valence-electron chi connectivity index (χ1n) is 3.38. The van der Waals surface area contributed by atoms with Crippen molar-refractivity contribution in [3.05, 3.63) is 23.5 Å². The molecule has 0 amide bonds. The summed E-state index contributed by atoms with van der Waals surface area (Å²) < 4.78 is 5.20. The van der Waals surface area contributed by atoms with E-state index >= 15 is 0 Å². The van der Waals surface area contributed by atoms with Crippen LogP contribution in [0.3, 0.4) is 0 Å².